The number of aliphatic hydroxyl groups excluding tert-OH is 1. The maximum absolute atomic E-state index is 15.9. The number of aliphatic hydroxyl groups is 2. The second-order valence-electron chi connectivity index (χ2n) is 26.5. The predicted molar refractivity (Wildman–Crippen MR) is 303 cm³/mol. The first-order valence-electron chi connectivity index (χ1n) is 30.7. The Labute approximate surface area is 464 Å². The minimum Gasteiger partial charge on any atom is -0.504 e. The molecule has 2 spiro atoms. The maximum atomic E-state index is 15.9. The van der Waals surface area contributed by atoms with Crippen LogP contribution < -0.4 is 30.2 Å². The standard InChI is InChI=1S/C66H88N4O8/c1-5-42-19-21-49-50(16-10-30-71)52-17-8-27-65(52)48-35-54(60-58(36-48)77-63(41-67-2)38-47(15-11-31-76-60)62(39-63)28-25-46-34-44-12-6-18-56(44)78-66(46,74)40-62)70-61(68-3)69-29-9-14-45-13-7-26-64(45,59(73)24-22-53(65)51(49)32-42)37-43-20-23-55(72)57(33-43)75-4/h20,22-24,33,35-36,42,44-47,49-53,56,67,71-72,74H,5-8,10,12-19,21,25-28,30,32,34,37-41H2,1-4H3,(H2,68,69,70). The highest BCUT2D eigenvalue weighted by Crippen LogP contribution is 2.68. The second-order valence-corrected chi connectivity index (χ2v) is 26.5. The summed E-state index contributed by atoms with van der Waals surface area (Å²) in [5.74, 6) is 11.2. The molecular weight excluding hydrogens is 977 g/mol. The number of anilines is 1. The molecule has 6 N–H and O–H groups in total. The van der Waals surface area contributed by atoms with Crippen molar-refractivity contribution < 1.29 is 39.1 Å². The van der Waals surface area contributed by atoms with E-state index in [1.165, 1.54) is 31.2 Å². The Bertz CT molecular complexity index is 2770. The number of phenolic OH excluding ortho intramolecular Hbond substituents is 1. The first kappa shape index (κ1) is 53.9. The molecule has 7 aliphatic carbocycles. The van der Waals surface area contributed by atoms with Crippen LogP contribution >= 0.6 is 0 Å². The molecule has 12 rings (SSSR count). The van der Waals surface area contributed by atoms with Crippen LogP contribution in [0.2, 0.25) is 0 Å². The molecule has 16 unspecified atom stereocenters. The minimum atomic E-state index is -1.16. The van der Waals surface area contributed by atoms with E-state index < -0.39 is 16.8 Å². The van der Waals surface area contributed by atoms with Gasteiger partial charge < -0.3 is 44.9 Å². The lowest BCUT2D eigenvalue weighted by Gasteiger charge is -2.59. The second kappa shape index (κ2) is 21.6. The van der Waals surface area contributed by atoms with Gasteiger partial charge in [-0.15, -0.1) is 0 Å². The minimum absolute atomic E-state index is 0.0116. The molecule has 8 fully saturated rings. The lowest BCUT2D eigenvalue weighted by molar-refractivity contribution is -0.322. The van der Waals surface area contributed by atoms with Gasteiger partial charge in [0.25, 0.3) is 0 Å². The van der Waals surface area contributed by atoms with Crippen LogP contribution in [0.3, 0.4) is 0 Å². The van der Waals surface area contributed by atoms with Crippen LogP contribution in [0.25, 0.3) is 0 Å². The number of aliphatic imine (C=N–C) groups is 1. The fourth-order valence-corrected chi connectivity index (χ4v) is 19.6. The molecule has 3 aliphatic heterocycles. The van der Waals surface area contributed by atoms with Crippen molar-refractivity contribution in [1.29, 1.82) is 0 Å². The van der Waals surface area contributed by atoms with Crippen molar-refractivity contribution in [2.75, 3.05) is 39.7 Å². The number of ketones is 1. The van der Waals surface area contributed by atoms with Gasteiger partial charge in [-0.25, -0.2) is 0 Å². The number of ether oxygens (including phenoxy) is 4. The third-order valence-corrected chi connectivity index (χ3v) is 22.9. The molecule has 1 saturated heterocycles. The van der Waals surface area contributed by atoms with E-state index in [9.17, 15) is 15.3 Å². The normalized spacial score (nSPS) is 40.8. The van der Waals surface area contributed by atoms with E-state index >= 15 is 4.79 Å². The van der Waals surface area contributed by atoms with Crippen molar-refractivity contribution >= 4 is 17.4 Å². The van der Waals surface area contributed by atoms with Crippen LogP contribution in [0.1, 0.15) is 166 Å². The Morgan fingerprint density at radius 3 is 2.64 bits per heavy atom. The van der Waals surface area contributed by atoms with Gasteiger partial charge in [0, 0.05) is 62.3 Å². The van der Waals surface area contributed by atoms with Crippen LogP contribution in [0.5, 0.6) is 23.0 Å². The molecule has 16 atom stereocenters. The number of allylic oxidation sites excluding steroid dienone is 2. The molecular formula is C66H88N4O8. The number of methoxy groups -OCH3 is 1. The zero-order chi connectivity index (χ0) is 53.9. The summed E-state index contributed by atoms with van der Waals surface area (Å²) in [5, 5.41) is 44.6. The molecule has 78 heavy (non-hydrogen) atoms. The zero-order valence-corrected chi connectivity index (χ0v) is 47.1. The van der Waals surface area contributed by atoms with Crippen molar-refractivity contribution in [3.05, 3.63) is 53.6 Å². The number of nitrogens with zero attached hydrogens (tertiary/aromatic N) is 1. The van der Waals surface area contributed by atoms with Crippen molar-refractivity contribution in [1.82, 2.24) is 10.6 Å². The predicted octanol–water partition coefficient (Wildman–Crippen LogP) is 11.0. The van der Waals surface area contributed by atoms with Crippen molar-refractivity contribution in [2.24, 2.45) is 75.0 Å². The summed E-state index contributed by atoms with van der Waals surface area (Å²) in [6.45, 7) is 3.14. The van der Waals surface area contributed by atoms with Gasteiger partial charge >= 0.3 is 0 Å². The number of carbonyl (C=O) groups is 1. The Morgan fingerprint density at radius 1 is 0.936 bits per heavy atom. The molecule has 0 radical (unpaired) electrons. The molecule has 4 bridgehead atoms. The molecule has 7 saturated carbocycles. The number of hydrogen-bond donors (Lipinski definition) is 6. The number of fused-ring (bicyclic) bond motifs is 12. The summed E-state index contributed by atoms with van der Waals surface area (Å²) in [4.78, 5) is 20.6. The van der Waals surface area contributed by atoms with Gasteiger partial charge in [-0.2, -0.15) is 0 Å². The van der Waals surface area contributed by atoms with Crippen molar-refractivity contribution in [3.8, 4) is 47.0 Å². The number of rotatable bonds is 9. The number of likely N-dealkylation sites (N-methyl/N-ethyl adjacent to an activating group) is 1. The third-order valence-electron chi connectivity index (χ3n) is 22.9. The van der Waals surface area contributed by atoms with Gasteiger partial charge in [0.2, 0.25) is 11.7 Å². The topological polar surface area (TPSA) is 163 Å². The lowest BCUT2D eigenvalue weighted by atomic mass is 9.45. The molecule has 2 aromatic rings. The molecule has 0 amide bonds. The van der Waals surface area contributed by atoms with E-state index in [1.54, 1.807) is 20.2 Å². The third kappa shape index (κ3) is 9.33. The Morgan fingerprint density at radius 2 is 1.81 bits per heavy atom. The van der Waals surface area contributed by atoms with Crippen molar-refractivity contribution in [2.45, 2.75) is 184 Å². The van der Waals surface area contributed by atoms with Crippen LogP contribution in [0, 0.1) is 94.0 Å². The van der Waals surface area contributed by atoms with Crippen molar-refractivity contribution in [3.63, 3.8) is 0 Å². The zero-order valence-electron chi connectivity index (χ0n) is 47.1. The highest BCUT2D eigenvalue weighted by Gasteiger charge is 2.65. The molecule has 0 aromatic heterocycles. The van der Waals surface area contributed by atoms with Gasteiger partial charge in [0.15, 0.2) is 28.8 Å². The molecule has 12 nitrogen and oxygen atoms in total. The summed E-state index contributed by atoms with van der Waals surface area (Å²) in [7, 11) is 5.36. The maximum Gasteiger partial charge on any atom is 0.207 e. The molecule has 420 valence electrons. The van der Waals surface area contributed by atoms with Crippen LogP contribution in [-0.4, -0.2) is 78.9 Å². The monoisotopic (exact) mass is 1060 g/mol. The molecule has 3 heterocycles. The number of aromatic hydroxyl groups is 1. The van der Waals surface area contributed by atoms with E-state index in [-0.39, 0.29) is 58.7 Å². The summed E-state index contributed by atoms with van der Waals surface area (Å²) >= 11 is 0. The summed E-state index contributed by atoms with van der Waals surface area (Å²) < 4.78 is 27.1. The van der Waals surface area contributed by atoms with Crippen LogP contribution in [0.4, 0.5) is 5.69 Å². The number of guanidine groups is 1. The highest BCUT2D eigenvalue weighted by molar-refractivity contribution is 5.97. The summed E-state index contributed by atoms with van der Waals surface area (Å²) in [6.07, 6.45) is 30.1. The Kier molecular flexibility index (Phi) is 15.0. The SMILES string of the molecule is CCC1CCC2C(C1)C1C=CC(=O)C3(Cc4ccc(O)c(OC)c4)CCCC3CC#CNC(=NC)Nc3cc(cc4c3OC#CCC3CC(CNC)(CC35CCC3CC6CCCC6OC3(O)C5)O4)C13CCCC3C2CCCO. The lowest BCUT2D eigenvalue weighted by Crippen LogP contribution is -2.56. The van der Waals surface area contributed by atoms with Crippen LogP contribution in [0.15, 0.2) is 47.5 Å². The summed E-state index contributed by atoms with van der Waals surface area (Å²) in [5.41, 5.74) is 0.905. The number of nitrogens with one attached hydrogen (secondary N) is 3. The van der Waals surface area contributed by atoms with Gasteiger partial charge in [-0.1, -0.05) is 63.0 Å². The highest BCUT2D eigenvalue weighted by atomic mass is 16.6. The average Bonchev–Trinajstić information content (AvgIpc) is 4.30. The van der Waals surface area contributed by atoms with E-state index in [4.69, 9.17) is 23.9 Å². The number of benzene rings is 2. The van der Waals surface area contributed by atoms with Crippen LogP contribution in [-0.2, 0) is 21.4 Å². The Hall–Kier alpha value is -4.72. The number of hydrogen-bond acceptors (Lipinski definition) is 10. The van der Waals surface area contributed by atoms with E-state index in [0.717, 1.165) is 108 Å². The van der Waals surface area contributed by atoms with Gasteiger partial charge in [-0.05, 0) is 210 Å². The van der Waals surface area contributed by atoms with Gasteiger partial charge in [0.05, 0.1) is 18.9 Å². The smallest absolute Gasteiger partial charge is 0.207 e. The fraction of sp³-hybridized carbons (Fsp3) is 0.697. The number of carbonyl (C=O) groups excluding carboxylic acids is 1. The molecule has 12 heteroatoms. The van der Waals surface area contributed by atoms with E-state index in [2.05, 4.69) is 65.1 Å². The quantitative estimate of drug-likeness (QED) is 0.133. The fourth-order valence-electron chi connectivity index (χ4n) is 19.6. The summed E-state index contributed by atoms with van der Waals surface area (Å²) in [6, 6.07) is 13.4. The van der Waals surface area contributed by atoms with Gasteiger partial charge in [0.1, 0.15) is 11.7 Å². The first-order chi connectivity index (χ1) is 37.9. The molecule has 10 aliphatic rings. The molecule has 2 aromatic carbocycles. The number of phenols is 1. The average molecular weight is 1070 g/mol. The largest absolute Gasteiger partial charge is 0.504 e. The van der Waals surface area contributed by atoms with E-state index in [0.29, 0.717) is 96.6 Å². The first-order valence-corrected chi connectivity index (χ1v) is 30.7. The Balaban J connectivity index is 1.02. The van der Waals surface area contributed by atoms with E-state index in [1.807, 2.05) is 25.3 Å². The van der Waals surface area contributed by atoms with Gasteiger partial charge in [-0.3, -0.25) is 15.1 Å².